The summed E-state index contributed by atoms with van der Waals surface area (Å²) in [7, 11) is 0. The summed E-state index contributed by atoms with van der Waals surface area (Å²) in [6.45, 7) is 0. The second-order valence-corrected chi connectivity index (χ2v) is 13.3. The molecule has 0 radical (unpaired) electrons. The van der Waals surface area contributed by atoms with Gasteiger partial charge >= 0.3 is 0 Å². The molecule has 2 heteroatoms. The molecule has 244 valence electrons. The number of hydrogen-bond donors (Lipinski definition) is 0. The van der Waals surface area contributed by atoms with Crippen molar-refractivity contribution in [2.24, 2.45) is 0 Å². The Morgan fingerprint density at radius 3 is 1.67 bits per heavy atom. The first-order valence-electron chi connectivity index (χ1n) is 17.8. The summed E-state index contributed by atoms with van der Waals surface area (Å²) >= 11 is 0. The number of hydrogen-bond acceptors (Lipinski definition) is 2. The Labute approximate surface area is 302 Å². The predicted molar refractivity (Wildman–Crippen MR) is 220 cm³/mol. The first-order valence-corrected chi connectivity index (χ1v) is 17.8. The van der Waals surface area contributed by atoms with Gasteiger partial charge in [-0.25, -0.2) is 0 Å². The van der Waals surface area contributed by atoms with Crippen LogP contribution in [0.15, 0.2) is 205 Å². The zero-order valence-corrected chi connectivity index (χ0v) is 28.4. The van der Waals surface area contributed by atoms with Crippen molar-refractivity contribution in [2.75, 3.05) is 4.90 Å². The third-order valence-electron chi connectivity index (χ3n) is 10.3. The van der Waals surface area contributed by atoms with Crippen LogP contribution in [0.3, 0.4) is 0 Å². The number of nitrogens with zero attached hydrogens (tertiary/aromatic N) is 1. The second-order valence-electron chi connectivity index (χ2n) is 13.3. The van der Waals surface area contributed by atoms with E-state index in [0.29, 0.717) is 0 Å². The van der Waals surface area contributed by atoms with Crippen LogP contribution < -0.4 is 4.90 Å². The monoisotopic (exact) mass is 663 g/mol. The van der Waals surface area contributed by atoms with E-state index < -0.39 is 0 Å². The van der Waals surface area contributed by atoms with Gasteiger partial charge in [-0.2, -0.15) is 0 Å². The zero-order valence-electron chi connectivity index (χ0n) is 28.4. The van der Waals surface area contributed by atoms with Gasteiger partial charge in [0.25, 0.3) is 0 Å². The maximum atomic E-state index is 6.66. The van der Waals surface area contributed by atoms with Crippen molar-refractivity contribution in [1.29, 1.82) is 0 Å². The lowest BCUT2D eigenvalue weighted by atomic mass is 9.93. The van der Waals surface area contributed by atoms with E-state index in [1.807, 2.05) is 12.1 Å². The first-order chi connectivity index (χ1) is 25.8. The smallest absolute Gasteiger partial charge is 0.159 e. The van der Waals surface area contributed by atoms with E-state index >= 15 is 0 Å². The van der Waals surface area contributed by atoms with Gasteiger partial charge in [-0.05, 0) is 97.4 Å². The Balaban J connectivity index is 1.19. The van der Waals surface area contributed by atoms with Crippen LogP contribution in [0.4, 0.5) is 17.1 Å². The summed E-state index contributed by atoms with van der Waals surface area (Å²) in [5.41, 5.74) is 12.0. The van der Waals surface area contributed by atoms with Crippen molar-refractivity contribution < 1.29 is 4.42 Å². The molecule has 0 unspecified atom stereocenters. The molecular weight excluding hydrogens is 631 g/mol. The van der Waals surface area contributed by atoms with E-state index in [4.69, 9.17) is 4.42 Å². The van der Waals surface area contributed by atoms with Crippen molar-refractivity contribution in [3.63, 3.8) is 0 Å². The molecule has 0 saturated heterocycles. The van der Waals surface area contributed by atoms with Crippen molar-refractivity contribution >= 4 is 60.5 Å². The van der Waals surface area contributed by atoms with Crippen LogP contribution in [-0.2, 0) is 0 Å². The van der Waals surface area contributed by atoms with E-state index in [-0.39, 0.29) is 0 Å². The average Bonchev–Trinajstić information content (AvgIpc) is 3.61. The quantitative estimate of drug-likeness (QED) is 0.165. The standard InChI is InChI=1S/C50H33NO/c1-3-14-34(15-4-1)41-31-30-39(33-47(41)35-16-5-2-6-17-35)51(48-24-13-23-45-44-22-11-12-25-49(44)52-50(45)48)38-28-26-36(27-29-38)46-32-37-18-7-8-19-40(37)42-20-9-10-21-43(42)46/h1-33H. The SMILES string of the molecule is c1ccc(-c2ccc(N(c3ccc(-c4cc5ccccc5c5ccccc45)cc3)c3cccc4c3oc3ccccc34)cc2-c2ccccc2)cc1. The first kappa shape index (κ1) is 30.0. The second kappa shape index (κ2) is 12.5. The highest BCUT2D eigenvalue weighted by Crippen LogP contribution is 2.45. The van der Waals surface area contributed by atoms with Gasteiger partial charge in [-0.3, -0.25) is 0 Å². The summed E-state index contributed by atoms with van der Waals surface area (Å²) in [6.07, 6.45) is 0. The number of anilines is 3. The maximum absolute atomic E-state index is 6.66. The van der Waals surface area contributed by atoms with Gasteiger partial charge in [-0.1, -0.05) is 158 Å². The van der Waals surface area contributed by atoms with Gasteiger partial charge in [0.1, 0.15) is 5.58 Å². The molecule has 52 heavy (non-hydrogen) atoms. The topological polar surface area (TPSA) is 16.4 Å². The van der Waals surface area contributed by atoms with Crippen LogP contribution >= 0.6 is 0 Å². The Morgan fingerprint density at radius 1 is 0.327 bits per heavy atom. The minimum atomic E-state index is 0.863. The van der Waals surface area contributed by atoms with Gasteiger partial charge in [0.05, 0.1) is 5.69 Å². The number of rotatable bonds is 6. The lowest BCUT2D eigenvalue weighted by Gasteiger charge is -2.27. The predicted octanol–water partition coefficient (Wildman–Crippen LogP) is 14.4. The highest BCUT2D eigenvalue weighted by Gasteiger charge is 2.21. The molecule has 10 aromatic rings. The number of benzene rings is 9. The number of fused-ring (bicyclic) bond motifs is 6. The fourth-order valence-electron chi connectivity index (χ4n) is 7.82. The van der Waals surface area contributed by atoms with Crippen LogP contribution in [-0.4, -0.2) is 0 Å². The summed E-state index contributed by atoms with van der Waals surface area (Å²) < 4.78 is 6.66. The lowest BCUT2D eigenvalue weighted by Crippen LogP contribution is -2.10. The van der Waals surface area contributed by atoms with E-state index in [2.05, 4.69) is 193 Å². The number of furan rings is 1. The molecular formula is C50H33NO. The Hall–Kier alpha value is -6.90. The van der Waals surface area contributed by atoms with E-state index in [1.54, 1.807) is 0 Å². The Morgan fingerprint density at radius 2 is 0.904 bits per heavy atom. The van der Waals surface area contributed by atoms with E-state index in [0.717, 1.165) is 39.0 Å². The molecule has 1 aromatic heterocycles. The van der Waals surface area contributed by atoms with Crippen LogP contribution in [0.5, 0.6) is 0 Å². The highest BCUT2D eigenvalue weighted by atomic mass is 16.3. The van der Waals surface area contributed by atoms with Crippen LogP contribution in [0.25, 0.3) is 76.9 Å². The van der Waals surface area contributed by atoms with Gasteiger partial charge in [0.2, 0.25) is 0 Å². The van der Waals surface area contributed by atoms with Crippen molar-refractivity contribution in [1.82, 2.24) is 0 Å². The lowest BCUT2D eigenvalue weighted by molar-refractivity contribution is 0.669. The molecule has 2 nitrogen and oxygen atoms in total. The summed E-state index contributed by atoms with van der Waals surface area (Å²) in [6, 6.07) is 71.6. The minimum absolute atomic E-state index is 0.863. The van der Waals surface area contributed by atoms with Crippen LogP contribution in [0, 0.1) is 0 Å². The fraction of sp³-hybridized carbons (Fsp3) is 0. The molecule has 0 aliphatic carbocycles. The summed E-state index contributed by atoms with van der Waals surface area (Å²) in [5.74, 6) is 0. The Bertz CT molecular complexity index is 2890. The molecule has 10 rings (SSSR count). The molecule has 0 aliphatic heterocycles. The molecule has 1 heterocycles. The molecule has 9 aromatic carbocycles. The van der Waals surface area contributed by atoms with Crippen molar-refractivity contribution in [3.8, 4) is 33.4 Å². The van der Waals surface area contributed by atoms with Gasteiger partial charge in [0, 0.05) is 22.1 Å². The van der Waals surface area contributed by atoms with Gasteiger partial charge < -0.3 is 9.32 Å². The van der Waals surface area contributed by atoms with Gasteiger partial charge in [0.15, 0.2) is 5.58 Å². The summed E-state index contributed by atoms with van der Waals surface area (Å²) in [5, 5.41) is 7.25. The Kier molecular flexibility index (Phi) is 7.18. The fourth-order valence-corrected chi connectivity index (χ4v) is 7.82. The number of para-hydroxylation sites is 2. The third kappa shape index (κ3) is 5.04. The molecule has 0 bridgehead atoms. The highest BCUT2D eigenvalue weighted by molar-refractivity contribution is 6.14. The maximum Gasteiger partial charge on any atom is 0.159 e. The molecule has 0 N–H and O–H groups in total. The zero-order chi connectivity index (χ0) is 34.4. The van der Waals surface area contributed by atoms with Crippen LogP contribution in [0.2, 0.25) is 0 Å². The molecule has 0 saturated carbocycles. The normalized spacial score (nSPS) is 11.5. The van der Waals surface area contributed by atoms with Gasteiger partial charge in [-0.15, -0.1) is 0 Å². The van der Waals surface area contributed by atoms with Crippen molar-refractivity contribution in [2.45, 2.75) is 0 Å². The third-order valence-corrected chi connectivity index (χ3v) is 10.3. The molecule has 0 fully saturated rings. The van der Waals surface area contributed by atoms with Crippen LogP contribution in [0.1, 0.15) is 0 Å². The van der Waals surface area contributed by atoms with E-state index in [9.17, 15) is 0 Å². The molecule has 0 aliphatic rings. The molecule has 0 amide bonds. The van der Waals surface area contributed by atoms with Crippen molar-refractivity contribution in [3.05, 3.63) is 200 Å². The molecule has 0 atom stereocenters. The largest absolute Gasteiger partial charge is 0.454 e. The molecule has 0 spiro atoms. The summed E-state index contributed by atoms with van der Waals surface area (Å²) in [4.78, 5) is 2.34. The average molecular weight is 664 g/mol. The minimum Gasteiger partial charge on any atom is -0.454 e. The van der Waals surface area contributed by atoms with E-state index in [1.165, 1.54) is 54.9 Å².